The minimum atomic E-state index is 0.634. The van der Waals surface area contributed by atoms with Gasteiger partial charge in [-0.3, -0.25) is 4.79 Å². The summed E-state index contributed by atoms with van der Waals surface area (Å²) < 4.78 is 0. The van der Waals surface area contributed by atoms with E-state index in [2.05, 4.69) is 5.32 Å². The van der Waals surface area contributed by atoms with E-state index >= 15 is 0 Å². The smallest absolute Gasteiger partial charge is 0.149 e. The third kappa shape index (κ3) is 0.721. The van der Waals surface area contributed by atoms with Crippen LogP contribution in [-0.2, 0) is 4.79 Å². The van der Waals surface area contributed by atoms with Gasteiger partial charge in [-0.1, -0.05) is 0 Å². The lowest BCUT2D eigenvalue weighted by Gasteiger charge is -1.85. The van der Waals surface area contributed by atoms with Gasteiger partial charge in [0.25, 0.3) is 0 Å². The maximum absolute atomic E-state index is 10.0. The molecule has 0 amide bonds. The standard InChI is InChI=1S/C5H8N2O/c6-5-2-7-1-4(5)3-8/h3,7H,1-2,6H2. The molecule has 1 aliphatic heterocycles. The fraction of sp³-hybridized carbons (Fsp3) is 0.400. The number of nitrogens with one attached hydrogen (secondary N) is 1. The van der Waals surface area contributed by atoms with Crippen molar-refractivity contribution in [3.63, 3.8) is 0 Å². The van der Waals surface area contributed by atoms with E-state index in [1.165, 1.54) is 0 Å². The number of carbonyl (C=O) groups is 1. The Bertz CT molecular complexity index is 139. The molecule has 3 nitrogen and oxygen atoms in total. The predicted octanol–water partition coefficient (Wildman–Crippen LogP) is -0.999. The number of nitrogens with two attached hydrogens (primary N) is 1. The largest absolute Gasteiger partial charge is 0.401 e. The van der Waals surface area contributed by atoms with E-state index in [0.29, 0.717) is 24.4 Å². The molecule has 1 heterocycles. The Hall–Kier alpha value is -0.830. The van der Waals surface area contributed by atoms with Crippen LogP contribution in [0.4, 0.5) is 0 Å². The first kappa shape index (κ1) is 5.31. The number of hydrogen-bond donors (Lipinski definition) is 2. The summed E-state index contributed by atoms with van der Waals surface area (Å²) in [5.41, 5.74) is 6.76. The van der Waals surface area contributed by atoms with Crippen LogP contribution in [0.3, 0.4) is 0 Å². The Kier molecular flexibility index (Phi) is 1.30. The minimum absolute atomic E-state index is 0.634. The monoisotopic (exact) mass is 112 g/mol. The highest BCUT2D eigenvalue weighted by molar-refractivity contribution is 5.75. The molecule has 0 saturated heterocycles. The summed E-state index contributed by atoms with van der Waals surface area (Å²) in [5.74, 6) is 0. The summed E-state index contributed by atoms with van der Waals surface area (Å²) in [6.07, 6.45) is 0.801. The van der Waals surface area contributed by atoms with Gasteiger partial charge in [-0.15, -0.1) is 0 Å². The molecule has 3 heteroatoms. The van der Waals surface area contributed by atoms with Crippen LogP contribution in [0, 0.1) is 0 Å². The van der Waals surface area contributed by atoms with Crippen molar-refractivity contribution < 1.29 is 4.79 Å². The lowest BCUT2D eigenvalue weighted by atomic mass is 10.3. The fourth-order valence-corrected chi connectivity index (χ4v) is 0.676. The Morgan fingerprint density at radius 3 is 2.62 bits per heavy atom. The van der Waals surface area contributed by atoms with Crippen LogP contribution in [0.2, 0.25) is 0 Å². The number of aldehydes is 1. The van der Waals surface area contributed by atoms with Crippen LogP contribution in [-0.4, -0.2) is 19.4 Å². The molecule has 0 aliphatic carbocycles. The van der Waals surface area contributed by atoms with Gasteiger partial charge in [0.05, 0.1) is 0 Å². The maximum Gasteiger partial charge on any atom is 0.149 e. The van der Waals surface area contributed by atoms with Gasteiger partial charge < -0.3 is 11.1 Å². The van der Waals surface area contributed by atoms with E-state index in [9.17, 15) is 4.79 Å². The zero-order valence-corrected chi connectivity index (χ0v) is 4.48. The molecule has 3 N–H and O–H groups in total. The van der Waals surface area contributed by atoms with Gasteiger partial charge >= 0.3 is 0 Å². The SMILES string of the molecule is NC1=C(C=O)CNC1. The number of hydrogen-bond acceptors (Lipinski definition) is 3. The third-order valence-electron chi connectivity index (χ3n) is 1.19. The molecule has 0 radical (unpaired) electrons. The predicted molar refractivity (Wildman–Crippen MR) is 30.1 cm³/mol. The van der Waals surface area contributed by atoms with Crippen LogP contribution in [0.25, 0.3) is 0 Å². The number of rotatable bonds is 1. The van der Waals surface area contributed by atoms with Crippen LogP contribution < -0.4 is 11.1 Å². The lowest BCUT2D eigenvalue weighted by Crippen LogP contribution is -2.11. The van der Waals surface area contributed by atoms with Gasteiger partial charge in [-0.2, -0.15) is 0 Å². The Morgan fingerprint density at radius 1 is 1.62 bits per heavy atom. The molecule has 0 aromatic carbocycles. The molecule has 0 aromatic rings. The van der Waals surface area contributed by atoms with Gasteiger partial charge in [0.1, 0.15) is 6.29 Å². The van der Waals surface area contributed by atoms with Crippen molar-refractivity contribution in [2.75, 3.05) is 13.1 Å². The van der Waals surface area contributed by atoms with Crippen molar-refractivity contribution in [1.29, 1.82) is 0 Å². The molecule has 0 aromatic heterocycles. The van der Waals surface area contributed by atoms with Crippen molar-refractivity contribution in [2.24, 2.45) is 5.73 Å². The molecule has 0 fully saturated rings. The fourth-order valence-electron chi connectivity index (χ4n) is 0.676. The summed E-state index contributed by atoms with van der Waals surface area (Å²) in [4.78, 5) is 10.0. The van der Waals surface area contributed by atoms with Crippen molar-refractivity contribution >= 4 is 6.29 Å². The average molecular weight is 112 g/mol. The first-order chi connectivity index (χ1) is 3.84. The van der Waals surface area contributed by atoms with Crippen LogP contribution in [0.5, 0.6) is 0 Å². The third-order valence-corrected chi connectivity index (χ3v) is 1.19. The number of carbonyl (C=O) groups excluding carboxylic acids is 1. The normalized spacial score (nSPS) is 19.5. The highest BCUT2D eigenvalue weighted by Gasteiger charge is 2.07. The first-order valence-corrected chi connectivity index (χ1v) is 2.48. The Balaban J connectivity index is 2.72. The molecule has 1 rings (SSSR count). The molecule has 44 valence electrons. The van der Waals surface area contributed by atoms with Crippen molar-refractivity contribution in [3.05, 3.63) is 11.3 Å². The molecule has 0 spiro atoms. The molecular weight excluding hydrogens is 104 g/mol. The van der Waals surface area contributed by atoms with E-state index in [-0.39, 0.29) is 0 Å². The maximum atomic E-state index is 10.0. The van der Waals surface area contributed by atoms with Crippen molar-refractivity contribution in [3.8, 4) is 0 Å². The van der Waals surface area contributed by atoms with E-state index in [1.54, 1.807) is 0 Å². The van der Waals surface area contributed by atoms with Crippen LogP contribution >= 0.6 is 0 Å². The Morgan fingerprint density at radius 2 is 2.38 bits per heavy atom. The van der Waals surface area contributed by atoms with Crippen LogP contribution in [0.15, 0.2) is 11.3 Å². The second kappa shape index (κ2) is 1.96. The lowest BCUT2D eigenvalue weighted by molar-refractivity contribution is -0.104. The zero-order valence-electron chi connectivity index (χ0n) is 4.48. The van der Waals surface area contributed by atoms with E-state index in [4.69, 9.17) is 5.73 Å². The first-order valence-electron chi connectivity index (χ1n) is 2.48. The second-order valence-corrected chi connectivity index (χ2v) is 1.77. The summed E-state index contributed by atoms with van der Waals surface area (Å²) >= 11 is 0. The van der Waals surface area contributed by atoms with Gasteiger partial charge in [0, 0.05) is 24.4 Å². The molecule has 0 unspecified atom stereocenters. The molecular formula is C5H8N2O. The highest BCUT2D eigenvalue weighted by atomic mass is 16.1. The summed E-state index contributed by atoms with van der Waals surface area (Å²) in [7, 11) is 0. The molecule has 1 aliphatic rings. The summed E-state index contributed by atoms with van der Waals surface area (Å²) in [5, 5.41) is 2.94. The molecule has 0 atom stereocenters. The van der Waals surface area contributed by atoms with E-state index in [0.717, 1.165) is 6.29 Å². The molecule has 0 bridgehead atoms. The second-order valence-electron chi connectivity index (χ2n) is 1.77. The van der Waals surface area contributed by atoms with Crippen LogP contribution in [0.1, 0.15) is 0 Å². The van der Waals surface area contributed by atoms with Gasteiger partial charge in [0.2, 0.25) is 0 Å². The van der Waals surface area contributed by atoms with Crippen molar-refractivity contribution in [2.45, 2.75) is 0 Å². The van der Waals surface area contributed by atoms with Gasteiger partial charge in [0.15, 0.2) is 0 Å². The van der Waals surface area contributed by atoms with E-state index in [1.807, 2.05) is 0 Å². The van der Waals surface area contributed by atoms with Gasteiger partial charge in [-0.05, 0) is 0 Å². The topological polar surface area (TPSA) is 55.1 Å². The Labute approximate surface area is 47.6 Å². The zero-order chi connectivity index (χ0) is 5.98. The summed E-state index contributed by atoms with van der Waals surface area (Å²) in [6.45, 7) is 1.30. The summed E-state index contributed by atoms with van der Waals surface area (Å²) in [6, 6.07) is 0. The average Bonchev–Trinajstić information content (AvgIpc) is 2.14. The highest BCUT2D eigenvalue weighted by Crippen LogP contribution is 1.98. The quantitative estimate of drug-likeness (QED) is 0.428. The van der Waals surface area contributed by atoms with Crippen molar-refractivity contribution in [1.82, 2.24) is 5.32 Å². The molecule has 8 heavy (non-hydrogen) atoms. The molecule has 0 saturated carbocycles. The van der Waals surface area contributed by atoms with Gasteiger partial charge in [-0.25, -0.2) is 0 Å². The minimum Gasteiger partial charge on any atom is -0.401 e. The van der Waals surface area contributed by atoms with E-state index < -0.39 is 0 Å².